The second kappa shape index (κ2) is 5.78. The molecule has 2 aromatic rings. The molecule has 0 saturated heterocycles. The minimum absolute atomic E-state index is 0.0501. The second-order valence-electron chi connectivity index (χ2n) is 3.79. The summed E-state index contributed by atoms with van der Waals surface area (Å²) in [5.41, 5.74) is 1.03. The molecule has 2 nitrogen and oxygen atoms in total. The van der Waals surface area contributed by atoms with Gasteiger partial charge in [0.25, 0.3) is 5.91 Å². The molecule has 0 bridgehead atoms. The van der Waals surface area contributed by atoms with Gasteiger partial charge in [-0.25, -0.2) is 4.39 Å². The van der Waals surface area contributed by atoms with Gasteiger partial charge in [-0.15, -0.1) is 0 Å². The summed E-state index contributed by atoms with van der Waals surface area (Å²) in [6, 6.07) is 13.9. The number of carbonyl (C=O) groups is 1. The van der Waals surface area contributed by atoms with Gasteiger partial charge < -0.3 is 5.32 Å². The Labute approximate surface area is 113 Å². The maximum Gasteiger partial charge on any atom is 0.254 e. The number of amides is 1. The van der Waals surface area contributed by atoms with E-state index in [1.807, 2.05) is 30.3 Å². The molecule has 0 fully saturated rings. The van der Waals surface area contributed by atoms with Gasteiger partial charge in [0.05, 0.1) is 5.56 Å². The molecule has 1 N–H and O–H groups in total. The van der Waals surface area contributed by atoms with E-state index in [1.165, 1.54) is 12.1 Å². The number of rotatable bonds is 3. The van der Waals surface area contributed by atoms with Crippen molar-refractivity contribution in [3.63, 3.8) is 0 Å². The van der Waals surface area contributed by atoms with Crippen LogP contribution in [0.25, 0.3) is 0 Å². The molecule has 1 amide bonds. The third-order valence-electron chi connectivity index (χ3n) is 2.47. The zero-order valence-electron chi connectivity index (χ0n) is 9.49. The summed E-state index contributed by atoms with van der Waals surface area (Å²) in [5.74, 6) is -0.946. The fourth-order valence-corrected chi connectivity index (χ4v) is 1.88. The van der Waals surface area contributed by atoms with Gasteiger partial charge in [-0.3, -0.25) is 4.79 Å². The first kappa shape index (κ1) is 12.8. The molecule has 92 valence electrons. The van der Waals surface area contributed by atoms with E-state index in [1.54, 1.807) is 6.07 Å². The lowest BCUT2D eigenvalue weighted by Crippen LogP contribution is -2.23. The van der Waals surface area contributed by atoms with E-state index >= 15 is 0 Å². The molecule has 0 spiro atoms. The summed E-state index contributed by atoms with van der Waals surface area (Å²) >= 11 is 3.15. The first-order chi connectivity index (χ1) is 8.66. The number of hydrogen-bond donors (Lipinski definition) is 1. The summed E-state index contributed by atoms with van der Waals surface area (Å²) in [5, 5.41) is 2.68. The van der Waals surface area contributed by atoms with Crippen LogP contribution in [0.2, 0.25) is 0 Å². The second-order valence-corrected chi connectivity index (χ2v) is 4.71. The van der Waals surface area contributed by atoms with Gasteiger partial charge in [-0.2, -0.15) is 0 Å². The van der Waals surface area contributed by atoms with E-state index < -0.39 is 11.7 Å². The predicted octanol–water partition coefficient (Wildman–Crippen LogP) is 3.52. The van der Waals surface area contributed by atoms with Crippen LogP contribution in [0, 0.1) is 5.82 Å². The fraction of sp³-hybridized carbons (Fsp3) is 0.0714. The summed E-state index contributed by atoms with van der Waals surface area (Å²) in [6.45, 7) is 0.384. The van der Waals surface area contributed by atoms with Gasteiger partial charge in [-0.05, 0) is 23.8 Å². The minimum atomic E-state index is -0.532. The first-order valence-corrected chi connectivity index (χ1v) is 6.23. The maximum atomic E-state index is 13.5. The van der Waals surface area contributed by atoms with Gasteiger partial charge >= 0.3 is 0 Å². The highest BCUT2D eigenvalue weighted by molar-refractivity contribution is 9.10. The van der Waals surface area contributed by atoms with E-state index in [4.69, 9.17) is 0 Å². The van der Waals surface area contributed by atoms with Crippen LogP contribution in [0.1, 0.15) is 15.9 Å². The SMILES string of the molecule is O=C(NCc1ccccc1)c1ccc(Br)cc1F. The van der Waals surface area contributed by atoms with E-state index in [0.717, 1.165) is 5.56 Å². The largest absolute Gasteiger partial charge is 0.348 e. The van der Waals surface area contributed by atoms with Crippen molar-refractivity contribution < 1.29 is 9.18 Å². The standard InChI is InChI=1S/C14H11BrFNO/c15-11-6-7-12(13(16)8-11)14(18)17-9-10-4-2-1-3-5-10/h1-8H,9H2,(H,17,18). The first-order valence-electron chi connectivity index (χ1n) is 5.44. The molecule has 2 aromatic carbocycles. The van der Waals surface area contributed by atoms with Crippen LogP contribution >= 0.6 is 15.9 Å². The normalized spacial score (nSPS) is 10.1. The summed E-state index contributed by atoms with van der Waals surface area (Å²) in [4.78, 5) is 11.8. The molecule has 0 aliphatic heterocycles. The molecule has 0 atom stereocenters. The minimum Gasteiger partial charge on any atom is -0.348 e. The Hall–Kier alpha value is -1.68. The number of hydrogen-bond acceptors (Lipinski definition) is 1. The van der Waals surface area contributed by atoms with Crippen molar-refractivity contribution in [2.75, 3.05) is 0 Å². The Balaban J connectivity index is 2.04. The maximum absolute atomic E-state index is 13.5. The van der Waals surface area contributed by atoms with E-state index in [-0.39, 0.29) is 5.56 Å². The summed E-state index contributed by atoms with van der Waals surface area (Å²) in [6.07, 6.45) is 0. The third kappa shape index (κ3) is 3.17. The molecular weight excluding hydrogens is 297 g/mol. The topological polar surface area (TPSA) is 29.1 Å². The highest BCUT2D eigenvalue weighted by atomic mass is 79.9. The molecule has 0 unspecified atom stereocenters. The average Bonchev–Trinajstić information content (AvgIpc) is 2.37. The van der Waals surface area contributed by atoms with Crippen molar-refractivity contribution in [2.45, 2.75) is 6.54 Å². The molecule has 0 radical (unpaired) electrons. The van der Waals surface area contributed by atoms with E-state index in [0.29, 0.717) is 11.0 Å². The molecule has 0 aromatic heterocycles. The molecule has 0 heterocycles. The third-order valence-corrected chi connectivity index (χ3v) is 2.96. The van der Waals surface area contributed by atoms with Crippen molar-refractivity contribution in [1.82, 2.24) is 5.32 Å². The highest BCUT2D eigenvalue weighted by Crippen LogP contribution is 2.15. The van der Waals surface area contributed by atoms with Crippen molar-refractivity contribution in [2.24, 2.45) is 0 Å². The molecular formula is C14H11BrFNO. The molecule has 4 heteroatoms. The Morgan fingerprint density at radius 1 is 1.17 bits per heavy atom. The van der Waals surface area contributed by atoms with Gasteiger partial charge in [-0.1, -0.05) is 46.3 Å². The van der Waals surface area contributed by atoms with Crippen molar-refractivity contribution in [3.05, 3.63) is 69.9 Å². The predicted molar refractivity (Wildman–Crippen MR) is 71.7 cm³/mol. The average molecular weight is 308 g/mol. The smallest absolute Gasteiger partial charge is 0.254 e. The Morgan fingerprint density at radius 2 is 1.89 bits per heavy atom. The van der Waals surface area contributed by atoms with Gasteiger partial charge in [0.2, 0.25) is 0 Å². The van der Waals surface area contributed by atoms with E-state index in [9.17, 15) is 9.18 Å². The molecule has 2 rings (SSSR count). The van der Waals surface area contributed by atoms with Crippen LogP contribution in [0.5, 0.6) is 0 Å². The number of carbonyl (C=O) groups excluding carboxylic acids is 1. The van der Waals surface area contributed by atoms with Gasteiger partial charge in [0, 0.05) is 11.0 Å². The Bertz CT molecular complexity index is 557. The van der Waals surface area contributed by atoms with Crippen LogP contribution < -0.4 is 5.32 Å². The zero-order chi connectivity index (χ0) is 13.0. The lowest BCUT2D eigenvalue weighted by atomic mass is 10.2. The van der Waals surface area contributed by atoms with Crippen LogP contribution in [-0.2, 0) is 6.54 Å². The summed E-state index contributed by atoms with van der Waals surface area (Å²) in [7, 11) is 0. The van der Waals surface area contributed by atoms with Crippen LogP contribution in [-0.4, -0.2) is 5.91 Å². The van der Waals surface area contributed by atoms with Crippen molar-refractivity contribution >= 4 is 21.8 Å². The van der Waals surface area contributed by atoms with Crippen molar-refractivity contribution in [3.8, 4) is 0 Å². The molecule has 0 aliphatic rings. The van der Waals surface area contributed by atoms with Crippen molar-refractivity contribution in [1.29, 1.82) is 0 Å². The van der Waals surface area contributed by atoms with Crippen LogP contribution in [0.3, 0.4) is 0 Å². The lowest BCUT2D eigenvalue weighted by molar-refractivity contribution is 0.0947. The van der Waals surface area contributed by atoms with Gasteiger partial charge in [0.15, 0.2) is 0 Å². The quantitative estimate of drug-likeness (QED) is 0.923. The van der Waals surface area contributed by atoms with Gasteiger partial charge in [0.1, 0.15) is 5.82 Å². The summed E-state index contributed by atoms with van der Waals surface area (Å²) < 4.78 is 14.1. The van der Waals surface area contributed by atoms with E-state index in [2.05, 4.69) is 21.2 Å². The number of nitrogens with one attached hydrogen (secondary N) is 1. The highest BCUT2D eigenvalue weighted by Gasteiger charge is 2.11. The number of benzene rings is 2. The molecule has 0 aliphatic carbocycles. The monoisotopic (exact) mass is 307 g/mol. The van der Waals surface area contributed by atoms with Crippen LogP contribution in [0.15, 0.2) is 53.0 Å². The Morgan fingerprint density at radius 3 is 2.56 bits per heavy atom. The molecule has 0 saturated carbocycles. The fourth-order valence-electron chi connectivity index (χ4n) is 1.55. The Kier molecular flexibility index (Phi) is 4.10. The number of halogens is 2. The lowest BCUT2D eigenvalue weighted by Gasteiger charge is -2.06. The molecule has 18 heavy (non-hydrogen) atoms. The van der Waals surface area contributed by atoms with Crippen LogP contribution in [0.4, 0.5) is 4.39 Å². The zero-order valence-corrected chi connectivity index (χ0v) is 11.1.